The third-order valence-electron chi connectivity index (χ3n) is 6.22. The fourth-order valence-electron chi connectivity index (χ4n) is 4.53. The van der Waals surface area contributed by atoms with Crippen molar-refractivity contribution in [1.82, 2.24) is 9.88 Å². The number of ketones is 1. The lowest BCUT2D eigenvalue weighted by Crippen LogP contribution is -2.31. The number of phenols is 1. The van der Waals surface area contributed by atoms with E-state index in [0.717, 1.165) is 16.5 Å². The van der Waals surface area contributed by atoms with E-state index in [1.807, 2.05) is 30.5 Å². The first kappa shape index (κ1) is 23.0. The van der Waals surface area contributed by atoms with Crippen molar-refractivity contribution in [3.63, 3.8) is 0 Å². The predicted octanol–water partition coefficient (Wildman–Crippen LogP) is 5.84. The maximum absolute atomic E-state index is 13.2. The smallest absolute Gasteiger partial charge is 0.295 e. The van der Waals surface area contributed by atoms with Gasteiger partial charge in [0.25, 0.3) is 11.7 Å². The number of rotatable bonds is 5. The average Bonchev–Trinajstić information content (AvgIpc) is 3.37. The summed E-state index contributed by atoms with van der Waals surface area (Å²) in [5.41, 5.74) is 2.68. The van der Waals surface area contributed by atoms with Crippen LogP contribution in [0.3, 0.4) is 0 Å². The summed E-state index contributed by atoms with van der Waals surface area (Å²) in [5, 5.41) is 22.8. The summed E-state index contributed by atoms with van der Waals surface area (Å²) in [6, 6.07) is 17.7. The molecule has 0 saturated carbocycles. The zero-order valence-corrected chi connectivity index (χ0v) is 19.8. The second-order valence-corrected chi connectivity index (χ2v) is 9.14. The van der Waals surface area contributed by atoms with Gasteiger partial charge in [-0.1, -0.05) is 53.5 Å². The van der Waals surface area contributed by atoms with Gasteiger partial charge in [-0.15, -0.1) is 0 Å². The first-order chi connectivity index (χ1) is 16.8. The lowest BCUT2D eigenvalue weighted by molar-refractivity contribution is -0.139. The second kappa shape index (κ2) is 9.13. The zero-order valence-electron chi connectivity index (χ0n) is 18.3. The van der Waals surface area contributed by atoms with Gasteiger partial charge >= 0.3 is 0 Å². The van der Waals surface area contributed by atoms with Gasteiger partial charge in [-0.25, -0.2) is 0 Å². The summed E-state index contributed by atoms with van der Waals surface area (Å²) in [6.07, 6.45) is 2.37. The van der Waals surface area contributed by atoms with Crippen LogP contribution in [0.1, 0.15) is 22.7 Å². The number of aromatic nitrogens is 1. The highest BCUT2D eigenvalue weighted by Gasteiger charge is 2.46. The summed E-state index contributed by atoms with van der Waals surface area (Å²) in [5.74, 6) is -1.90. The number of nitrogens with one attached hydrogen (secondary N) is 1. The Morgan fingerprint density at radius 1 is 0.971 bits per heavy atom. The van der Waals surface area contributed by atoms with E-state index in [1.54, 1.807) is 12.1 Å². The van der Waals surface area contributed by atoms with Gasteiger partial charge in [0.1, 0.15) is 11.5 Å². The van der Waals surface area contributed by atoms with Crippen LogP contribution >= 0.6 is 23.2 Å². The van der Waals surface area contributed by atoms with E-state index >= 15 is 0 Å². The summed E-state index contributed by atoms with van der Waals surface area (Å²) in [4.78, 5) is 31.0. The Morgan fingerprint density at radius 2 is 1.77 bits per heavy atom. The molecule has 176 valence electrons. The van der Waals surface area contributed by atoms with Gasteiger partial charge in [0.15, 0.2) is 0 Å². The average molecular weight is 507 g/mol. The number of hydrogen-bond donors (Lipinski definition) is 3. The topological polar surface area (TPSA) is 93.6 Å². The maximum Gasteiger partial charge on any atom is 0.295 e. The van der Waals surface area contributed by atoms with Gasteiger partial charge in [0, 0.05) is 29.2 Å². The maximum atomic E-state index is 13.2. The third-order valence-corrected chi connectivity index (χ3v) is 6.95. The lowest BCUT2D eigenvalue weighted by Gasteiger charge is -2.25. The first-order valence-electron chi connectivity index (χ1n) is 10.9. The van der Waals surface area contributed by atoms with Crippen LogP contribution in [0.15, 0.2) is 78.5 Å². The minimum atomic E-state index is -0.887. The van der Waals surface area contributed by atoms with Crippen LogP contribution in [0.2, 0.25) is 10.0 Å². The number of halogens is 2. The van der Waals surface area contributed by atoms with E-state index in [0.29, 0.717) is 17.0 Å². The molecule has 3 N–H and O–H groups in total. The van der Waals surface area contributed by atoms with Crippen LogP contribution in [0.4, 0.5) is 0 Å². The standard InChI is InChI=1S/C27H20Cl2N2O4/c28-20-9-8-16(13-21(20)29)25(33)23-24(15-4-3-5-18(32)12-15)31(27(35)26(23)34)11-10-17-14-30-22-7-2-1-6-19(17)22/h1-9,12-14,24,30,32-33H,10-11H2/b25-23+. The van der Waals surface area contributed by atoms with Gasteiger partial charge in [-0.3, -0.25) is 9.59 Å². The molecule has 6 nitrogen and oxygen atoms in total. The van der Waals surface area contributed by atoms with Crippen molar-refractivity contribution in [2.45, 2.75) is 12.5 Å². The van der Waals surface area contributed by atoms with Crippen molar-refractivity contribution in [1.29, 1.82) is 0 Å². The number of aliphatic hydroxyl groups excluding tert-OH is 1. The van der Waals surface area contributed by atoms with Crippen LogP contribution in [0.5, 0.6) is 5.75 Å². The van der Waals surface area contributed by atoms with Gasteiger partial charge in [-0.2, -0.15) is 0 Å². The third kappa shape index (κ3) is 4.16. The largest absolute Gasteiger partial charge is 0.508 e. The Balaban J connectivity index is 1.58. The molecule has 0 bridgehead atoms. The molecule has 35 heavy (non-hydrogen) atoms. The number of carbonyl (C=O) groups is 2. The van der Waals surface area contributed by atoms with Crippen molar-refractivity contribution >= 4 is 51.6 Å². The number of aromatic hydroxyl groups is 1. The molecule has 1 aromatic heterocycles. The summed E-state index contributed by atoms with van der Waals surface area (Å²) >= 11 is 12.1. The van der Waals surface area contributed by atoms with Crippen molar-refractivity contribution in [3.8, 4) is 5.75 Å². The van der Waals surface area contributed by atoms with Crippen molar-refractivity contribution in [3.05, 3.63) is 105 Å². The van der Waals surface area contributed by atoms with E-state index in [9.17, 15) is 19.8 Å². The number of carbonyl (C=O) groups excluding carboxylic acids is 2. The monoisotopic (exact) mass is 506 g/mol. The van der Waals surface area contributed by atoms with Crippen molar-refractivity contribution in [2.75, 3.05) is 6.54 Å². The van der Waals surface area contributed by atoms with Gasteiger partial charge < -0.3 is 20.1 Å². The number of fused-ring (bicyclic) bond motifs is 1. The van der Waals surface area contributed by atoms with E-state index in [-0.39, 0.29) is 34.2 Å². The van der Waals surface area contributed by atoms with E-state index < -0.39 is 17.7 Å². The molecule has 8 heteroatoms. The van der Waals surface area contributed by atoms with Crippen LogP contribution in [0.25, 0.3) is 16.7 Å². The number of hydrogen-bond acceptors (Lipinski definition) is 4. The van der Waals surface area contributed by atoms with E-state index in [2.05, 4.69) is 4.98 Å². The molecule has 1 atom stereocenters. The van der Waals surface area contributed by atoms with Gasteiger partial charge in [0.05, 0.1) is 21.7 Å². The normalized spacial score (nSPS) is 17.4. The number of nitrogens with zero attached hydrogens (tertiary/aromatic N) is 1. The Labute approximate surface area is 211 Å². The Bertz CT molecular complexity index is 1510. The fourth-order valence-corrected chi connectivity index (χ4v) is 4.83. The Morgan fingerprint density at radius 3 is 2.54 bits per heavy atom. The molecule has 3 aromatic carbocycles. The SMILES string of the molecule is O=C1C(=O)N(CCc2c[nH]c3ccccc23)C(c2cccc(O)c2)/C1=C(\O)c1ccc(Cl)c(Cl)c1. The Hall–Kier alpha value is -3.74. The number of likely N-dealkylation sites (tertiary alicyclic amines) is 1. The number of amides is 1. The minimum absolute atomic E-state index is 0.0146. The quantitative estimate of drug-likeness (QED) is 0.180. The van der Waals surface area contributed by atoms with Crippen LogP contribution < -0.4 is 0 Å². The molecule has 1 saturated heterocycles. The van der Waals surface area contributed by atoms with Crippen molar-refractivity contribution in [2.24, 2.45) is 0 Å². The van der Waals surface area contributed by atoms with E-state index in [1.165, 1.54) is 35.2 Å². The molecule has 0 aliphatic carbocycles. The van der Waals surface area contributed by atoms with Gasteiger partial charge in [0.2, 0.25) is 0 Å². The van der Waals surface area contributed by atoms with Crippen LogP contribution in [-0.2, 0) is 16.0 Å². The minimum Gasteiger partial charge on any atom is -0.508 e. The predicted molar refractivity (Wildman–Crippen MR) is 136 cm³/mol. The highest BCUT2D eigenvalue weighted by atomic mass is 35.5. The van der Waals surface area contributed by atoms with Gasteiger partial charge in [-0.05, 0) is 53.9 Å². The molecule has 0 radical (unpaired) electrons. The molecule has 0 spiro atoms. The zero-order chi connectivity index (χ0) is 24.7. The van der Waals surface area contributed by atoms with Crippen molar-refractivity contribution < 1.29 is 19.8 Å². The molecular formula is C27H20Cl2N2O4. The first-order valence-corrected chi connectivity index (χ1v) is 11.7. The summed E-state index contributed by atoms with van der Waals surface area (Å²) in [7, 11) is 0. The molecule has 1 fully saturated rings. The number of benzene rings is 3. The number of Topliss-reactive ketones (excluding diaryl/α,β-unsaturated/α-hetero) is 1. The molecule has 2 heterocycles. The number of phenolic OH excluding ortho intramolecular Hbond substituents is 1. The van der Waals surface area contributed by atoms with E-state index in [4.69, 9.17) is 23.2 Å². The van der Waals surface area contributed by atoms with Crippen LogP contribution in [-0.4, -0.2) is 38.3 Å². The molecular weight excluding hydrogens is 487 g/mol. The number of para-hydroxylation sites is 1. The molecule has 1 amide bonds. The van der Waals surface area contributed by atoms with Crippen LogP contribution in [0, 0.1) is 0 Å². The number of H-pyrrole nitrogens is 1. The lowest BCUT2D eigenvalue weighted by atomic mass is 9.95. The second-order valence-electron chi connectivity index (χ2n) is 8.33. The summed E-state index contributed by atoms with van der Waals surface area (Å²) < 4.78 is 0. The highest BCUT2D eigenvalue weighted by molar-refractivity contribution is 6.47. The highest BCUT2D eigenvalue weighted by Crippen LogP contribution is 2.41. The number of aliphatic hydroxyl groups is 1. The number of aromatic amines is 1. The Kier molecular flexibility index (Phi) is 6.01. The molecule has 1 aliphatic heterocycles. The molecule has 5 rings (SSSR count). The fraction of sp³-hybridized carbons (Fsp3) is 0.111. The molecule has 4 aromatic rings. The summed E-state index contributed by atoms with van der Waals surface area (Å²) in [6.45, 7) is 0.227. The molecule has 1 aliphatic rings. The molecule has 1 unspecified atom stereocenters.